The topological polar surface area (TPSA) is 36.9 Å². The minimum Gasteiger partial charge on any atom is -0.494 e. The van der Waals surface area contributed by atoms with Gasteiger partial charge in [0.1, 0.15) is 23.0 Å². The zero-order valence-corrected chi connectivity index (χ0v) is 27.8. The smallest absolute Gasteiger partial charge is 0.119 e. The lowest BCUT2D eigenvalue weighted by Gasteiger charge is -2.25. The first-order valence-corrected chi connectivity index (χ1v) is 16.0. The highest BCUT2D eigenvalue weighted by atomic mass is 79.9. The largest absolute Gasteiger partial charge is 0.494 e. The molecule has 0 heterocycles. The summed E-state index contributed by atoms with van der Waals surface area (Å²) in [7, 11) is 0. The van der Waals surface area contributed by atoms with Gasteiger partial charge in [0.25, 0.3) is 0 Å². The molecule has 0 fully saturated rings. The Morgan fingerprint density at radius 2 is 0.595 bits per heavy atom. The Morgan fingerprint density at radius 1 is 0.405 bits per heavy atom. The van der Waals surface area contributed by atoms with Gasteiger partial charge >= 0.3 is 0 Å². The molecular formula is C36H38Br2O4. The molecule has 4 nitrogen and oxygen atoms in total. The second-order valence-electron chi connectivity index (χ2n) is 9.57. The summed E-state index contributed by atoms with van der Waals surface area (Å²) in [5, 5.41) is 0. The Kier molecular flexibility index (Phi) is 12.0. The van der Waals surface area contributed by atoms with Crippen LogP contribution in [0.1, 0.15) is 61.8 Å². The maximum atomic E-state index is 5.73. The highest BCUT2D eigenvalue weighted by molar-refractivity contribution is 9.14. The minimum atomic E-state index is -0.0707. The van der Waals surface area contributed by atoms with Crippen LogP contribution in [0.4, 0.5) is 0 Å². The first-order valence-electron chi connectivity index (χ1n) is 14.4. The second-order valence-corrected chi connectivity index (χ2v) is 11.3. The molecule has 0 atom stereocenters. The van der Waals surface area contributed by atoms with Crippen LogP contribution >= 0.6 is 31.9 Å². The van der Waals surface area contributed by atoms with Gasteiger partial charge in [-0.1, -0.05) is 80.4 Å². The Balaban J connectivity index is 1.84. The maximum Gasteiger partial charge on any atom is 0.119 e. The molecule has 6 heteroatoms. The van der Waals surface area contributed by atoms with E-state index in [-0.39, 0.29) is 11.8 Å². The van der Waals surface area contributed by atoms with Gasteiger partial charge in [-0.3, -0.25) is 0 Å². The van der Waals surface area contributed by atoms with Crippen LogP contribution < -0.4 is 18.9 Å². The third-order valence-corrected chi connectivity index (χ3v) is 9.13. The molecular weight excluding hydrogens is 656 g/mol. The fraction of sp³-hybridized carbons (Fsp3) is 0.278. The Hall–Kier alpha value is -3.22. The van der Waals surface area contributed by atoms with Crippen molar-refractivity contribution < 1.29 is 18.9 Å². The predicted molar refractivity (Wildman–Crippen MR) is 179 cm³/mol. The lowest BCUT2D eigenvalue weighted by Crippen LogP contribution is -2.08. The van der Waals surface area contributed by atoms with E-state index in [0.717, 1.165) is 54.2 Å². The molecule has 4 aromatic rings. The Morgan fingerprint density at radius 3 is 0.762 bits per heavy atom. The van der Waals surface area contributed by atoms with Gasteiger partial charge < -0.3 is 18.9 Å². The van der Waals surface area contributed by atoms with Crippen LogP contribution in [0.2, 0.25) is 0 Å². The SMILES string of the molecule is CCOc1ccc(C(/C(Br)=C(\Br)C(c2ccc(OCC)cc2)c2ccc(OCC)cc2)c2ccc(OCC)cc2)cc1. The number of rotatable bonds is 14. The van der Waals surface area contributed by atoms with Crippen LogP contribution in [0, 0.1) is 0 Å². The first-order chi connectivity index (χ1) is 20.5. The van der Waals surface area contributed by atoms with E-state index in [9.17, 15) is 0 Å². The summed E-state index contributed by atoms with van der Waals surface area (Å²) in [6.45, 7) is 10.5. The van der Waals surface area contributed by atoms with Crippen LogP contribution in [-0.2, 0) is 0 Å². The van der Waals surface area contributed by atoms with Crippen LogP contribution in [-0.4, -0.2) is 26.4 Å². The highest BCUT2D eigenvalue weighted by Gasteiger charge is 2.26. The van der Waals surface area contributed by atoms with Gasteiger partial charge in [0.15, 0.2) is 0 Å². The molecule has 0 bridgehead atoms. The molecule has 0 unspecified atom stereocenters. The lowest BCUT2D eigenvalue weighted by molar-refractivity contribution is 0.340. The standard InChI is InChI=1S/C36H38Br2O4/c1-5-39-29-17-9-25(10-18-29)33(26-11-19-30(20-12-26)40-6-2)35(37)36(38)34(27-13-21-31(22-14-27)41-7-3)28-15-23-32(24-16-28)42-8-4/h9-24,33-34H,5-8H2,1-4H3/b36-35+. The normalized spacial score (nSPS) is 11.8. The monoisotopic (exact) mass is 692 g/mol. The van der Waals surface area contributed by atoms with E-state index in [1.54, 1.807) is 0 Å². The molecule has 0 spiro atoms. The predicted octanol–water partition coefficient (Wildman–Crippen LogP) is 10.2. The minimum absolute atomic E-state index is 0.0707. The summed E-state index contributed by atoms with van der Waals surface area (Å²) in [6.07, 6.45) is 0. The second kappa shape index (κ2) is 15.9. The van der Waals surface area contributed by atoms with Gasteiger partial charge in [-0.25, -0.2) is 0 Å². The van der Waals surface area contributed by atoms with Gasteiger partial charge in [0, 0.05) is 20.8 Å². The van der Waals surface area contributed by atoms with Gasteiger partial charge in [-0.05, 0) is 98.5 Å². The molecule has 0 saturated heterocycles. The van der Waals surface area contributed by atoms with E-state index in [0.29, 0.717) is 26.4 Å². The van der Waals surface area contributed by atoms with E-state index in [1.807, 2.05) is 76.2 Å². The van der Waals surface area contributed by atoms with Crippen LogP contribution in [0.5, 0.6) is 23.0 Å². The quantitative estimate of drug-likeness (QED) is 0.132. The first kappa shape index (κ1) is 31.7. The molecule has 220 valence electrons. The van der Waals surface area contributed by atoms with Gasteiger partial charge in [0.05, 0.1) is 26.4 Å². The van der Waals surface area contributed by atoms with Gasteiger partial charge in [-0.2, -0.15) is 0 Å². The van der Waals surface area contributed by atoms with Crippen molar-refractivity contribution in [3.63, 3.8) is 0 Å². The van der Waals surface area contributed by atoms with E-state index >= 15 is 0 Å². The van der Waals surface area contributed by atoms with Crippen LogP contribution in [0.15, 0.2) is 106 Å². The molecule has 0 aliphatic heterocycles. The number of hydrogen-bond acceptors (Lipinski definition) is 4. The van der Waals surface area contributed by atoms with Gasteiger partial charge in [0.2, 0.25) is 0 Å². The molecule has 0 aromatic heterocycles. The summed E-state index contributed by atoms with van der Waals surface area (Å²) in [4.78, 5) is 0. The molecule has 0 amide bonds. The van der Waals surface area contributed by atoms with Crippen molar-refractivity contribution in [1.29, 1.82) is 0 Å². The van der Waals surface area contributed by atoms with E-state index in [4.69, 9.17) is 18.9 Å². The van der Waals surface area contributed by atoms with Crippen molar-refractivity contribution >= 4 is 31.9 Å². The lowest BCUT2D eigenvalue weighted by atomic mass is 9.86. The zero-order valence-electron chi connectivity index (χ0n) is 24.6. The fourth-order valence-corrected chi connectivity index (χ4v) is 6.45. The molecule has 0 N–H and O–H groups in total. The molecule has 4 rings (SSSR count). The average Bonchev–Trinajstić information content (AvgIpc) is 3.01. The third kappa shape index (κ3) is 7.99. The van der Waals surface area contributed by atoms with Crippen molar-refractivity contribution in [2.45, 2.75) is 39.5 Å². The van der Waals surface area contributed by atoms with Crippen molar-refractivity contribution in [2.24, 2.45) is 0 Å². The van der Waals surface area contributed by atoms with Crippen LogP contribution in [0.25, 0.3) is 0 Å². The molecule has 42 heavy (non-hydrogen) atoms. The Bertz CT molecular complexity index is 1200. The Labute approximate surface area is 266 Å². The fourth-order valence-electron chi connectivity index (χ4n) is 4.94. The zero-order chi connectivity index (χ0) is 29.9. The van der Waals surface area contributed by atoms with Crippen LogP contribution in [0.3, 0.4) is 0 Å². The number of halogens is 2. The van der Waals surface area contributed by atoms with E-state index < -0.39 is 0 Å². The van der Waals surface area contributed by atoms with Crippen molar-refractivity contribution in [3.8, 4) is 23.0 Å². The van der Waals surface area contributed by atoms with Crippen molar-refractivity contribution in [2.75, 3.05) is 26.4 Å². The van der Waals surface area contributed by atoms with Crippen molar-refractivity contribution in [1.82, 2.24) is 0 Å². The average molecular weight is 695 g/mol. The molecule has 4 aromatic carbocycles. The summed E-state index contributed by atoms with van der Waals surface area (Å²) in [6, 6.07) is 33.3. The summed E-state index contributed by atoms with van der Waals surface area (Å²) >= 11 is 8.15. The number of ether oxygens (including phenoxy) is 4. The summed E-state index contributed by atoms with van der Waals surface area (Å²) in [5.74, 6) is 3.28. The van der Waals surface area contributed by atoms with Crippen molar-refractivity contribution in [3.05, 3.63) is 128 Å². The maximum absolute atomic E-state index is 5.73. The van der Waals surface area contributed by atoms with E-state index in [1.165, 1.54) is 0 Å². The number of hydrogen-bond donors (Lipinski definition) is 0. The molecule has 0 aliphatic rings. The highest BCUT2D eigenvalue weighted by Crippen LogP contribution is 2.46. The summed E-state index contributed by atoms with van der Waals surface area (Å²) < 4.78 is 25.0. The third-order valence-electron chi connectivity index (χ3n) is 6.83. The molecule has 0 aliphatic carbocycles. The van der Waals surface area contributed by atoms with Gasteiger partial charge in [-0.15, -0.1) is 0 Å². The molecule has 0 saturated carbocycles. The van der Waals surface area contributed by atoms with E-state index in [2.05, 4.69) is 80.4 Å². The number of allylic oxidation sites excluding steroid dienone is 2. The number of benzene rings is 4. The molecule has 0 radical (unpaired) electrons. The summed E-state index contributed by atoms with van der Waals surface area (Å²) in [5.41, 5.74) is 4.57.